The second-order valence-electron chi connectivity index (χ2n) is 4.49. The zero-order chi connectivity index (χ0) is 14.4. The summed E-state index contributed by atoms with van der Waals surface area (Å²) in [5.74, 6) is -0.0339. The molecule has 0 spiro atoms. The van der Waals surface area contributed by atoms with Crippen LogP contribution < -0.4 is 11.3 Å². The predicted molar refractivity (Wildman–Crippen MR) is 71.9 cm³/mol. The fourth-order valence-corrected chi connectivity index (χ4v) is 2.84. The first-order valence-corrected chi connectivity index (χ1v) is 6.68. The number of imidazole rings is 1. The summed E-state index contributed by atoms with van der Waals surface area (Å²) in [5, 5.41) is 18.9. The van der Waals surface area contributed by atoms with Gasteiger partial charge in [-0.15, -0.1) is 0 Å². The Morgan fingerprint density at radius 1 is 1.55 bits per heavy atom. The molecule has 0 aliphatic carbocycles. The highest BCUT2D eigenvalue weighted by atomic mass is 79.9. The van der Waals surface area contributed by atoms with E-state index in [0.29, 0.717) is 4.73 Å². The van der Waals surface area contributed by atoms with Gasteiger partial charge in [0.05, 0.1) is 12.7 Å². The number of anilines is 1. The fraction of sp³-hybridized carbons (Fsp3) is 0.500. The Labute approximate surface area is 120 Å². The van der Waals surface area contributed by atoms with Crippen molar-refractivity contribution in [3.8, 4) is 0 Å². The van der Waals surface area contributed by atoms with Gasteiger partial charge in [0.2, 0.25) is 5.95 Å². The van der Waals surface area contributed by atoms with E-state index in [0.717, 1.165) is 0 Å². The van der Waals surface area contributed by atoms with Gasteiger partial charge in [-0.2, -0.15) is 4.98 Å². The summed E-state index contributed by atoms with van der Waals surface area (Å²) in [7, 11) is 0. The molecule has 1 fully saturated rings. The lowest BCUT2D eigenvalue weighted by Gasteiger charge is -2.14. The summed E-state index contributed by atoms with van der Waals surface area (Å²) in [6, 6.07) is 0. The highest BCUT2D eigenvalue weighted by Gasteiger charge is 2.36. The number of H-pyrrole nitrogens is 1. The maximum atomic E-state index is 11.8. The molecule has 20 heavy (non-hydrogen) atoms. The summed E-state index contributed by atoms with van der Waals surface area (Å²) in [5.41, 5.74) is 5.45. The van der Waals surface area contributed by atoms with E-state index in [4.69, 9.17) is 15.6 Å². The van der Waals surface area contributed by atoms with E-state index in [1.54, 1.807) is 0 Å². The second kappa shape index (κ2) is 4.81. The maximum Gasteiger partial charge on any atom is 0.280 e. The molecule has 3 heterocycles. The number of aromatic nitrogens is 4. The van der Waals surface area contributed by atoms with Crippen LogP contribution in [0.4, 0.5) is 5.95 Å². The van der Waals surface area contributed by atoms with Gasteiger partial charge in [0.1, 0.15) is 12.3 Å². The van der Waals surface area contributed by atoms with E-state index >= 15 is 0 Å². The molecule has 2 aromatic rings. The number of nitrogens with zero attached hydrogens (tertiary/aromatic N) is 3. The average Bonchev–Trinajstić information content (AvgIpc) is 2.89. The normalized spacial score (nSPS) is 26.4. The Hall–Kier alpha value is -1.49. The lowest BCUT2D eigenvalue weighted by molar-refractivity contribution is -0.0439. The molecule has 0 radical (unpaired) electrons. The summed E-state index contributed by atoms with van der Waals surface area (Å²) in [6.07, 6.45) is -1.81. The zero-order valence-corrected chi connectivity index (χ0v) is 11.7. The number of fused-ring (bicyclic) bond motifs is 1. The quantitative estimate of drug-likeness (QED) is 0.407. The van der Waals surface area contributed by atoms with Gasteiger partial charge in [0, 0.05) is 6.42 Å². The molecule has 0 bridgehead atoms. The Balaban J connectivity index is 2.13. The number of halogens is 1. The Bertz CT molecular complexity index is 713. The largest absolute Gasteiger partial charge is 0.394 e. The predicted octanol–water partition coefficient (Wildman–Crippen LogP) is -0.895. The Kier molecular flexibility index (Phi) is 3.24. The SMILES string of the molecule is [15NH2]c1nc2c([15n]c(Br)n2[C@H]2C[C@H](O)[C@@H](CO)O2)c(=O)[15nH]1. The fourth-order valence-electron chi connectivity index (χ4n) is 2.27. The van der Waals surface area contributed by atoms with Crippen molar-refractivity contribution in [2.45, 2.75) is 24.9 Å². The van der Waals surface area contributed by atoms with E-state index in [1.165, 1.54) is 4.57 Å². The van der Waals surface area contributed by atoms with Gasteiger partial charge in [-0.25, -0.2) is 4.98 Å². The first-order valence-electron chi connectivity index (χ1n) is 5.89. The Morgan fingerprint density at radius 2 is 2.30 bits per heavy atom. The third-order valence-electron chi connectivity index (χ3n) is 3.20. The van der Waals surface area contributed by atoms with Crippen LogP contribution in [0.1, 0.15) is 12.6 Å². The van der Waals surface area contributed by atoms with Crippen LogP contribution in [0.15, 0.2) is 9.53 Å². The highest BCUT2D eigenvalue weighted by Crippen LogP contribution is 2.33. The van der Waals surface area contributed by atoms with Crippen LogP contribution in [0.5, 0.6) is 0 Å². The van der Waals surface area contributed by atoms with E-state index in [1.807, 2.05) is 0 Å². The molecule has 1 aliphatic rings. The van der Waals surface area contributed by atoms with Gasteiger partial charge in [-0.3, -0.25) is 14.3 Å². The number of aromatic amines is 1. The molecule has 10 heteroatoms. The minimum atomic E-state index is -0.798. The molecule has 9 nitrogen and oxygen atoms in total. The van der Waals surface area contributed by atoms with Crippen molar-refractivity contribution in [2.75, 3.05) is 12.3 Å². The van der Waals surface area contributed by atoms with E-state index in [9.17, 15) is 9.90 Å². The number of nitrogens with one attached hydrogen (secondary N) is 1. The lowest BCUT2D eigenvalue weighted by atomic mass is 10.2. The van der Waals surface area contributed by atoms with Crippen molar-refractivity contribution < 1.29 is 14.9 Å². The maximum absolute atomic E-state index is 11.8. The monoisotopic (exact) mass is 348 g/mol. The van der Waals surface area contributed by atoms with Crippen molar-refractivity contribution in [1.29, 1.82) is 0 Å². The zero-order valence-electron chi connectivity index (χ0n) is 10.2. The van der Waals surface area contributed by atoms with Crippen LogP contribution in [0, 0.1) is 0 Å². The number of nitrogen functional groups attached to an aromatic ring is 1. The van der Waals surface area contributed by atoms with Crippen LogP contribution in [0.3, 0.4) is 0 Å². The number of aliphatic hydroxyl groups is 2. The molecule has 108 valence electrons. The van der Waals surface area contributed by atoms with Gasteiger partial charge in [-0.1, -0.05) is 0 Å². The van der Waals surface area contributed by atoms with Crippen LogP contribution in [0.25, 0.3) is 11.2 Å². The van der Waals surface area contributed by atoms with Crippen molar-refractivity contribution in [1.82, 2.24) is 19.5 Å². The topological polar surface area (TPSA) is 139 Å². The van der Waals surface area contributed by atoms with Gasteiger partial charge in [0.15, 0.2) is 15.9 Å². The number of ether oxygens (including phenoxy) is 1. The number of nitrogens with two attached hydrogens (primary N) is 1. The Morgan fingerprint density at radius 3 is 2.95 bits per heavy atom. The minimum absolute atomic E-state index is 0.0339. The van der Waals surface area contributed by atoms with Crippen molar-refractivity contribution >= 4 is 33.0 Å². The molecule has 3 atom stereocenters. The van der Waals surface area contributed by atoms with E-state index in [-0.39, 0.29) is 30.1 Å². The lowest BCUT2D eigenvalue weighted by Crippen LogP contribution is -2.24. The molecule has 0 amide bonds. The minimum Gasteiger partial charge on any atom is -0.394 e. The molecule has 2 aromatic heterocycles. The molecule has 1 saturated heterocycles. The van der Waals surface area contributed by atoms with Crippen LogP contribution in [-0.4, -0.2) is 48.5 Å². The van der Waals surface area contributed by atoms with Crippen molar-refractivity contribution in [2.24, 2.45) is 0 Å². The molecular formula is C10H12BrN5O4. The van der Waals surface area contributed by atoms with Crippen LogP contribution in [0.2, 0.25) is 0 Å². The van der Waals surface area contributed by atoms with Crippen LogP contribution in [-0.2, 0) is 4.74 Å². The third-order valence-corrected chi connectivity index (χ3v) is 3.76. The molecule has 0 unspecified atom stereocenters. The number of aliphatic hydroxyl groups excluding tert-OH is 2. The molecule has 0 saturated carbocycles. The van der Waals surface area contributed by atoms with Gasteiger partial charge in [0.25, 0.3) is 5.56 Å². The number of hydrogen-bond acceptors (Lipinski definition) is 7. The first-order chi connectivity index (χ1) is 9.51. The smallest absolute Gasteiger partial charge is 0.280 e. The summed E-state index contributed by atoms with van der Waals surface area (Å²) in [6.45, 7) is -0.294. The third kappa shape index (κ3) is 2.00. The standard InChI is InChI=1S/C10H12BrN5O4/c11-9-13-6-7(14-10(12)15-8(6)19)16(9)5-1-3(18)4(2-17)20-5/h3-5,17-18H,1-2H2,(H3,12,14,15,19)/t3-,4+,5+/m0/s1/i12+1,13+1,15+1. The highest BCUT2D eigenvalue weighted by molar-refractivity contribution is 9.10. The average molecular weight is 349 g/mol. The number of hydrogen-bond donors (Lipinski definition) is 4. The van der Waals surface area contributed by atoms with Gasteiger partial charge >= 0.3 is 0 Å². The second-order valence-corrected chi connectivity index (χ2v) is 5.20. The van der Waals surface area contributed by atoms with E-state index < -0.39 is 24.0 Å². The molecule has 5 N–H and O–H groups in total. The van der Waals surface area contributed by atoms with E-state index in [2.05, 4.69) is 30.9 Å². The van der Waals surface area contributed by atoms with Gasteiger partial charge < -0.3 is 20.7 Å². The molecule has 0 aromatic carbocycles. The first kappa shape index (κ1) is 13.5. The molecular weight excluding hydrogens is 337 g/mol. The summed E-state index contributed by atoms with van der Waals surface area (Å²) < 4.78 is 7.40. The summed E-state index contributed by atoms with van der Waals surface area (Å²) in [4.78, 5) is 22.2. The molecule has 3 rings (SSSR count). The molecule has 1 aliphatic heterocycles. The van der Waals surface area contributed by atoms with Crippen LogP contribution >= 0.6 is 15.9 Å². The number of rotatable bonds is 2. The summed E-state index contributed by atoms with van der Waals surface area (Å²) >= 11 is 3.23. The van der Waals surface area contributed by atoms with Gasteiger partial charge in [-0.05, 0) is 15.9 Å². The van der Waals surface area contributed by atoms with Crippen molar-refractivity contribution in [3.63, 3.8) is 0 Å². The van der Waals surface area contributed by atoms with Crippen molar-refractivity contribution in [3.05, 3.63) is 15.1 Å².